The van der Waals surface area contributed by atoms with Gasteiger partial charge in [-0.25, -0.2) is 0 Å². The summed E-state index contributed by atoms with van der Waals surface area (Å²) >= 11 is 25.6. The van der Waals surface area contributed by atoms with Crippen LogP contribution in [0.3, 0.4) is 0 Å². The molecule has 0 aromatic heterocycles. The van der Waals surface area contributed by atoms with Crippen molar-refractivity contribution in [3.05, 3.63) is 150 Å². The molecule has 2 N–H and O–H groups in total. The van der Waals surface area contributed by atoms with Crippen LogP contribution in [0.4, 0.5) is 0 Å². The molecule has 0 spiro atoms. The lowest BCUT2D eigenvalue weighted by atomic mass is 9.82. The van der Waals surface area contributed by atoms with E-state index < -0.39 is 31.0 Å². The highest BCUT2D eigenvalue weighted by molar-refractivity contribution is 7.86. The second-order valence-electron chi connectivity index (χ2n) is 11.0. The van der Waals surface area contributed by atoms with E-state index in [1.54, 1.807) is 48.5 Å². The fourth-order valence-corrected chi connectivity index (χ4v) is 8.22. The predicted molar refractivity (Wildman–Crippen MR) is 192 cm³/mol. The van der Waals surface area contributed by atoms with Gasteiger partial charge in [-0.2, -0.15) is 16.8 Å². The van der Waals surface area contributed by atoms with Gasteiger partial charge in [0.2, 0.25) is 0 Å². The van der Waals surface area contributed by atoms with Crippen molar-refractivity contribution in [2.45, 2.75) is 28.6 Å². The molecular weight excluding hydrogens is 754 g/mol. The number of hydrogen-bond donors (Lipinski definition) is 2. The number of methoxy groups -OCH3 is 2. The number of rotatable bonds is 11. The van der Waals surface area contributed by atoms with E-state index in [0.717, 1.165) is 23.3 Å². The van der Waals surface area contributed by atoms with Crippen LogP contribution in [-0.2, 0) is 33.1 Å². The zero-order valence-corrected chi connectivity index (χ0v) is 30.5. The molecule has 1 unspecified atom stereocenters. The Balaban J connectivity index is 1.65. The third-order valence-electron chi connectivity index (χ3n) is 7.96. The summed E-state index contributed by atoms with van der Waals surface area (Å²) in [6, 6.07) is 24.3. The minimum atomic E-state index is -4.67. The van der Waals surface area contributed by atoms with E-state index in [9.17, 15) is 25.9 Å². The summed E-state index contributed by atoms with van der Waals surface area (Å²) in [6.45, 7) is 0. The maximum atomic E-state index is 12.6. The molecule has 0 fully saturated rings. The van der Waals surface area contributed by atoms with E-state index in [1.807, 2.05) is 18.2 Å². The summed E-state index contributed by atoms with van der Waals surface area (Å²) in [5.41, 5.74) is 4.03. The first-order valence-electron chi connectivity index (χ1n) is 14.4. The first-order valence-corrected chi connectivity index (χ1v) is 18.8. The molecule has 0 saturated heterocycles. The normalized spacial score (nSPS) is 12.5. The Hall–Kier alpha value is -3.32. The van der Waals surface area contributed by atoms with Crippen LogP contribution < -0.4 is 9.47 Å². The predicted octanol–water partition coefficient (Wildman–Crippen LogP) is 9.17. The Labute approximate surface area is 304 Å². The average molecular weight is 783 g/mol. The molecule has 5 rings (SSSR count). The maximum absolute atomic E-state index is 12.6. The Kier molecular flexibility index (Phi) is 11.2. The molecule has 49 heavy (non-hydrogen) atoms. The molecule has 5 aromatic carbocycles. The van der Waals surface area contributed by atoms with Crippen LogP contribution in [-0.4, -0.2) is 40.2 Å². The van der Waals surface area contributed by atoms with Gasteiger partial charge < -0.3 is 9.47 Å². The first kappa shape index (κ1) is 36.9. The van der Waals surface area contributed by atoms with Crippen molar-refractivity contribution in [2.24, 2.45) is 0 Å². The molecular formula is C35H28Cl4O8S2. The molecule has 0 aliphatic carbocycles. The highest BCUT2D eigenvalue weighted by atomic mass is 35.5. The van der Waals surface area contributed by atoms with Crippen LogP contribution in [0.25, 0.3) is 0 Å². The molecule has 256 valence electrons. The van der Waals surface area contributed by atoms with Crippen LogP contribution in [0.15, 0.2) is 101 Å². The standard InChI is InChI=1S/C35H28Cl4O8S2/c1-46-32-16-20(14-26-28(36)7-5-8-29(26)37)10-12-23(32)35(25-6-3-4-9-34(25)49(43,44)45)24-13-11-21(17-33(24)47-2)15-27-30(38)18-22(19-31(27)39)48(40,41)42/h3-13,16-19,35H,14-15H2,1-2H3,(H,40,41,42)(H,43,44,45). The van der Waals surface area contributed by atoms with Crippen LogP contribution in [0.2, 0.25) is 20.1 Å². The van der Waals surface area contributed by atoms with E-state index in [1.165, 1.54) is 26.4 Å². The Bertz CT molecular complexity index is 2230. The minimum Gasteiger partial charge on any atom is -0.496 e. The summed E-state index contributed by atoms with van der Waals surface area (Å²) < 4.78 is 80.0. The van der Waals surface area contributed by atoms with Gasteiger partial charge in [-0.05, 0) is 70.3 Å². The van der Waals surface area contributed by atoms with Crippen LogP contribution in [0, 0.1) is 0 Å². The lowest BCUT2D eigenvalue weighted by Gasteiger charge is -2.25. The van der Waals surface area contributed by atoms with Gasteiger partial charge in [0, 0.05) is 50.0 Å². The molecule has 5 aromatic rings. The first-order chi connectivity index (χ1) is 23.1. The summed E-state index contributed by atoms with van der Waals surface area (Å²) in [5, 5.41) is 1.09. The third-order valence-corrected chi connectivity index (χ3v) is 11.1. The molecule has 0 amide bonds. The zero-order valence-electron chi connectivity index (χ0n) is 25.8. The lowest BCUT2D eigenvalue weighted by Crippen LogP contribution is -2.13. The lowest BCUT2D eigenvalue weighted by molar-refractivity contribution is 0.401. The Morgan fingerprint density at radius 1 is 0.571 bits per heavy atom. The van der Waals surface area contributed by atoms with E-state index >= 15 is 0 Å². The van der Waals surface area contributed by atoms with Crippen LogP contribution in [0.1, 0.15) is 44.9 Å². The number of benzene rings is 5. The van der Waals surface area contributed by atoms with Crippen molar-refractivity contribution >= 4 is 66.6 Å². The number of halogens is 4. The van der Waals surface area contributed by atoms with Gasteiger partial charge in [-0.15, -0.1) is 0 Å². The van der Waals surface area contributed by atoms with Crippen molar-refractivity contribution in [1.82, 2.24) is 0 Å². The average Bonchev–Trinajstić information content (AvgIpc) is 3.04. The fourth-order valence-electron chi connectivity index (χ4n) is 5.67. The maximum Gasteiger partial charge on any atom is 0.294 e. The van der Waals surface area contributed by atoms with Crippen molar-refractivity contribution < 1.29 is 35.4 Å². The molecule has 8 nitrogen and oxygen atoms in total. The van der Waals surface area contributed by atoms with Gasteiger partial charge >= 0.3 is 0 Å². The monoisotopic (exact) mass is 780 g/mol. The van der Waals surface area contributed by atoms with Gasteiger partial charge in [0.1, 0.15) is 11.5 Å². The van der Waals surface area contributed by atoms with Crippen LogP contribution >= 0.6 is 46.4 Å². The molecule has 1 atom stereocenters. The van der Waals surface area contributed by atoms with Gasteiger partial charge in [0.25, 0.3) is 20.2 Å². The second kappa shape index (κ2) is 14.9. The van der Waals surface area contributed by atoms with E-state index in [0.29, 0.717) is 50.2 Å². The number of hydrogen-bond acceptors (Lipinski definition) is 6. The Morgan fingerprint density at radius 3 is 1.49 bits per heavy atom. The Morgan fingerprint density at radius 2 is 1.04 bits per heavy atom. The molecule has 0 bridgehead atoms. The van der Waals surface area contributed by atoms with Crippen LogP contribution in [0.5, 0.6) is 11.5 Å². The number of ether oxygens (including phenoxy) is 2. The van der Waals surface area contributed by atoms with Gasteiger partial charge in [0.15, 0.2) is 0 Å². The summed E-state index contributed by atoms with van der Waals surface area (Å²) in [7, 11) is -6.24. The van der Waals surface area contributed by atoms with Gasteiger partial charge in [-0.1, -0.05) is 94.9 Å². The highest BCUT2D eigenvalue weighted by Crippen LogP contribution is 2.44. The molecule has 0 saturated carbocycles. The van der Waals surface area contributed by atoms with Gasteiger partial charge in [0.05, 0.1) is 24.0 Å². The zero-order chi connectivity index (χ0) is 35.7. The van der Waals surface area contributed by atoms with Gasteiger partial charge in [-0.3, -0.25) is 9.11 Å². The largest absolute Gasteiger partial charge is 0.496 e. The molecule has 0 radical (unpaired) electrons. The van der Waals surface area contributed by atoms with Crippen molar-refractivity contribution in [3.63, 3.8) is 0 Å². The van der Waals surface area contributed by atoms with E-state index in [2.05, 4.69) is 0 Å². The molecule has 0 aliphatic rings. The molecule has 14 heteroatoms. The van der Waals surface area contributed by atoms with Crippen molar-refractivity contribution in [1.29, 1.82) is 0 Å². The molecule has 0 aliphatic heterocycles. The molecule has 0 heterocycles. The summed E-state index contributed by atoms with van der Waals surface area (Å²) in [4.78, 5) is -0.730. The quantitative estimate of drug-likeness (QED) is 0.100. The van der Waals surface area contributed by atoms with E-state index in [4.69, 9.17) is 55.9 Å². The topological polar surface area (TPSA) is 127 Å². The second-order valence-corrected chi connectivity index (χ2v) is 15.4. The highest BCUT2D eigenvalue weighted by Gasteiger charge is 2.30. The SMILES string of the molecule is COc1cc(Cc2c(Cl)cccc2Cl)ccc1C(c1ccc(Cc2c(Cl)cc(S(=O)(=O)O)cc2Cl)cc1OC)c1ccccc1S(=O)(=O)O. The summed E-state index contributed by atoms with van der Waals surface area (Å²) in [6.07, 6.45) is 0.560. The minimum absolute atomic E-state index is 0.0334. The fraction of sp³-hybridized carbons (Fsp3) is 0.143. The third kappa shape index (κ3) is 8.19. The van der Waals surface area contributed by atoms with Crippen molar-refractivity contribution in [2.75, 3.05) is 14.2 Å². The van der Waals surface area contributed by atoms with E-state index in [-0.39, 0.29) is 26.9 Å². The smallest absolute Gasteiger partial charge is 0.294 e. The van der Waals surface area contributed by atoms with Crippen molar-refractivity contribution in [3.8, 4) is 11.5 Å². The summed E-state index contributed by atoms with van der Waals surface area (Å²) in [5.74, 6) is -0.0286.